The zero-order valence-corrected chi connectivity index (χ0v) is 14.1. The van der Waals surface area contributed by atoms with Crippen molar-refractivity contribution >= 4 is 57.4 Å². The number of carbonyl (C=O) groups excluding carboxylic acids is 1. The van der Waals surface area contributed by atoms with Crippen LogP contribution in [0.1, 0.15) is 17.4 Å². The minimum absolute atomic E-state index is 0.345. The number of para-hydroxylation sites is 1. The van der Waals surface area contributed by atoms with Crippen molar-refractivity contribution < 1.29 is 9.53 Å². The van der Waals surface area contributed by atoms with E-state index in [1.54, 1.807) is 13.0 Å². The number of carbonyl (C=O) groups is 1. The van der Waals surface area contributed by atoms with Gasteiger partial charge in [0.1, 0.15) is 5.69 Å². The van der Waals surface area contributed by atoms with E-state index in [1.165, 1.54) is 23.3 Å². The molecule has 3 aromatic rings. The normalized spacial score (nSPS) is 10.8. The summed E-state index contributed by atoms with van der Waals surface area (Å²) in [6.45, 7) is 2.14. The Morgan fingerprint density at radius 3 is 3.00 bits per heavy atom. The molecule has 0 amide bonds. The van der Waals surface area contributed by atoms with Gasteiger partial charge in [-0.1, -0.05) is 23.7 Å². The lowest BCUT2D eigenvalue weighted by Gasteiger charge is -2.05. The summed E-state index contributed by atoms with van der Waals surface area (Å²) in [7, 11) is 0. The summed E-state index contributed by atoms with van der Waals surface area (Å²) in [6.07, 6.45) is 0. The van der Waals surface area contributed by atoms with Crippen molar-refractivity contribution in [3.05, 3.63) is 46.4 Å². The molecule has 0 aliphatic rings. The molecule has 0 saturated carbocycles. The molecule has 0 atom stereocenters. The number of esters is 1. The van der Waals surface area contributed by atoms with Crippen molar-refractivity contribution in [2.45, 2.75) is 11.1 Å². The number of ether oxygens (including phenoxy) is 1. The van der Waals surface area contributed by atoms with Crippen LogP contribution in [0.2, 0.25) is 4.34 Å². The van der Waals surface area contributed by atoms with Crippen molar-refractivity contribution in [1.82, 2.24) is 4.98 Å². The fraction of sp³-hybridized carbons (Fsp3) is 0.133. The summed E-state index contributed by atoms with van der Waals surface area (Å²) < 4.78 is 10.1. The number of anilines is 1. The zero-order valence-electron chi connectivity index (χ0n) is 11.7. The van der Waals surface area contributed by atoms with Crippen LogP contribution in [0.5, 0.6) is 0 Å². The van der Waals surface area contributed by atoms with E-state index < -0.39 is 0 Å². The van der Waals surface area contributed by atoms with Gasteiger partial charge in [0.25, 0.3) is 0 Å². The van der Waals surface area contributed by atoms with Crippen LogP contribution in [0, 0.1) is 0 Å². The van der Waals surface area contributed by atoms with Crippen LogP contribution in [0.25, 0.3) is 10.9 Å². The predicted octanol–water partition coefficient (Wildman–Crippen LogP) is 5.18. The molecule has 0 aliphatic heterocycles. The van der Waals surface area contributed by atoms with E-state index in [1.807, 2.05) is 30.3 Å². The van der Waals surface area contributed by atoms with Crippen molar-refractivity contribution in [2.24, 2.45) is 0 Å². The lowest BCUT2D eigenvalue weighted by atomic mass is 10.2. The van der Waals surface area contributed by atoms with Gasteiger partial charge in [0.15, 0.2) is 0 Å². The molecule has 2 heterocycles. The first kappa shape index (κ1) is 15.3. The number of aromatic amines is 1. The molecule has 0 spiro atoms. The number of aromatic nitrogens is 1. The number of fused-ring (bicyclic) bond motifs is 1. The highest BCUT2D eigenvalue weighted by molar-refractivity contribution is 8.02. The smallest absolute Gasteiger partial charge is 0.354 e. The Morgan fingerprint density at radius 2 is 2.27 bits per heavy atom. The van der Waals surface area contributed by atoms with Gasteiger partial charge < -0.3 is 14.4 Å². The standard InChI is InChI=1S/C15H13ClN2O2S2/c1-2-20-15(19)11-8-9-4-3-5-10(14(9)17-11)18-22-13-7-6-12(16)21-13/h3-8,17-18H,2H2,1H3. The minimum Gasteiger partial charge on any atom is -0.461 e. The molecule has 0 bridgehead atoms. The average Bonchev–Trinajstić information content (AvgIpc) is 3.11. The number of halogens is 1. The van der Waals surface area contributed by atoms with Gasteiger partial charge in [0.05, 0.1) is 26.4 Å². The fourth-order valence-corrected chi connectivity index (χ4v) is 4.01. The van der Waals surface area contributed by atoms with Gasteiger partial charge in [0.2, 0.25) is 0 Å². The Balaban J connectivity index is 1.84. The van der Waals surface area contributed by atoms with E-state index in [4.69, 9.17) is 16.3 Å². The summed E-state index contributed by atoms with van der Waals surface area (Å²) in [5.74, 6) is -0.345. The molecular weight excluding hydrogens is 340 g/mol. The first-order valence-corrected chi connectivity index (χ1v) is 8.65. The summed E-state index contributed by atoms with van der Waals surface area (Å²) >= 11 is 8.92. The Kier molecular flexibility index (Phi) is 4.61. The molecule has 0 fully saturated rings. The Bertz CT molecular complexity index is 813. The van der Waals surface area contributed by atoms with Gasteiger partial charge in [-0.25, -0.2) is 4.79 Å². The van der Waals surface area contributed by atoms with Crippen LogP contribution in [0.3, 0.4) is 0 Å². The topological polar surface area (TPSA) is 54.1 Å². The maximum atomic E-state index is 11.8. The van der Waals surface area contributed by atoms with Crippen LogP contribution in [-0.4, -0.2) is 17.6 Å². The van der Waals surface area contributed by atoms with Crippen molar-refractivity contribution in [3.63, 3.8) is 0 Å². The van der Waals surface area contributed by atoms with Crippen molar-refractivity contribution in [1.29, 1.82) is 0 Å². The van der Waals surface area contributed by atoms with Crippen LogP contribution in [0.4, 0.5) is 5.69 Å². The molecule has 0 radical (unpaired) electrons. The molecule has 4 nitrogen and oxygen atoms in total. The second kappa shape index (κ2) is 6.64. The zero-order chi connectivity index (χ0) is 15.5. The number of benzene rings is 1. The van der Waals surface area contributed by atoms with Crippen molar-refractivity contribution in [2.75, 3.05) is 11.3 Å². The van der Waals surface area contributed by atoms with E-state index >= 15 is 0 Å². The Labute approximate surface area is 141 Å². The first-order chi connectivity index (χ1) is 10.7. The van der Waals surface area contributed by atoms with Crippen molar-refractivity contribution in [3.8, 4) is 0 Å². The summed E-state index contributed by atoms with van der Waals surface area (Å²) in [6, 6.07) is 11.5. The van der Waals surface area contributed by atoms with E-state index in [-0.39, 0.29) is 5.97 Å². The van der Waals surface area contributed by atoms with Crippen LogP contribution in [-0.2, 0) is 4.74 Å². The highest BCUT2D eigenvalue weighted by Gasteiger charge is 2.12. The van der Waals surface area contributed by atoms with E-state index in [2.05, 4.69) is 9.71 Å². The number of hydrogen-bond acceptors (Lipinski definition) is 5. The lowest BCUT2D eigenvalue weighted by Crippen LogP contribution is -2.04. The second-order valence-electron chi connectivity index (χ2n) is 4.44. The highest BCUT2D eigenvalue weighted by Crippen LogP contribution is 2.33. The molecule has 0 aliphatic carbocycles. The number of nitrogens with one attached hydrogen (secondary N) is 2. The van der Waals surface area contributed by atoms with Gasteiger partial charge in [-0.3, -0.25) is 0 Å². The molecule has 0 unspecified atom stereocenters. The monoisotopic (exact) mass is 352 g/mol. The Hall–Kier alpha value is -1.63. The third kappa shape index (κ3) is 3.24. The molecule has 22 heavy (non-hydrogen) atoms. The van der Waals surface area contributed by atoms with Crippen LogP contribution >= 0.6 is 34.9 Å². The number of rotatable bonds is 5. The predicted molar refractivity (Wildman–Crippen MR) is 93.1 cm³/mol. The molecule has 114 valence electrons. The maximum absolute atomic E-state index is 11.8. The van der Waals surface area contributed by atoms with Crippen LogP contribution < -0.4 is 4.72 Å². The quantitative estimate of drug-likeness (QED) is 0.490. The van der Waals surface area contributed by atoms with Gasteiger partial charge in [-0.2, -0.15) is 0 Å². The molecule has 1 aromatic carbocycles. The lowest BCUT2D eigenvalue weighted by molar-refractivity contribution is 0.0520. The average molecular weight is 353 g/mol. The number of hydrogen-bond donors (Lipinski definition) is 2. The summed E-state index contributed by atoms with van der Waals surface area (Å²) in [5, 5.41) is 0.956. The third-order valence-corrected chi connectivity index (χ3v) is 5.15. The number of thiophene rings is 1. The summed E-state index contributed by atoms with van der Waals surface area (Å²) in [4.78, 5) is 14.9. The molecule has 3 rings (SSSR count). The largest absolute Gasteiger partial charge is 0.461 e. The van der Waals surface area contributed by atoms with E-state index in [0.29, 0.717) is 12.3 Å². The fourth-order valence-electron chi connectivity index (χ4n) is 2.02. The van der Waals surface area contributed by atoms with E-state index in [9.17, 15) is 4.79 Å². The highest BCUT2D eigenvalue weighted by atomic mass is 35.5. The van der Waals surface area contributed by atoms with Gasteiger partial charge in [0, 0.05) is 5.39 Å². The minimum atomic E-state index is -0.345. The van der Waals surface area contributed by atoms with Gasteiger partial charge >= 0.3 is 5.97 Å². The van der Waals surface area contributed by atoms with E-state index in [0.717, 1.165) is 25.1 Å². The van der Waals surface area contributed by atoms with Crippen LogP contribution in [0.15, 0.2) is 40.6 Å². The molecule has 7 heteroatoms. The molecule has 2 aromatic heterocycles. The third-order valence-electron chi connectivity index (χ3n) is 2.96. The molecular formula is C15H13ClN2O2S2. The van der Waals surface area contributed by atoms with Gasteiger partial charge in [-0.15, -0.1) is 11.3 Å². The molecule has 0 saturated heterocycles. The number of H-pyrrole nitrogens is 1. The molecule has 2 N–H and O–H groups in total. The SMILES string of the molecule is CCOC(=O)c1cc2cccc(NSc3ccc(Cl)s3)c2[nH]1. The first-order valence-electron chi connectivity index (χ1n) is 6.64. The summed E-state index contributed by atoms with van der Waals surface area (Å²) in [5.41, 5.74) is 2.23. The second-order valence-corrected chi connectivity index (χ2v) is 7.26. The Morgan fingerprint density at radius 1 is 1.41 bits per heavy atom. The maximum Gasteiger partial charge on any atom is 0.354 e. The van der Waals surface area contributed by atoms with Gasteiger partial charge in [-0.05, 0) is 43.1 Å².